The predicted molar refractivity (Wildman–Crippen MR) is 61.5 cm³/mol. The molecular formula is C10H13N3S. The first kappa shape index (κ1) is 9.40. The Morgan fingerprint density at radius 2 is 2.29 bits per heavy atom. The standard InChI is InChI=1S/C10H13N3S/c1-6-4-7(10(11)14)5-9(12-6)13-8-2-3-8/h4-5,8H,2-3H2,1H3,(H2,11,14)(H,12,13). The average molecular weight is 207 g/mol. The smallest absolute Gasteiger partial charge is 0.127 e. The Bertz CT molecular complexity index is 372. The first-order valence-electron chi connectivity index (χ1n) is 4.70. The Kier molecular flexibility index (Phi) is 2.37. The maximum absolute atomic E-state index is 5.57. The fourth-order valence-corrected chi connectivity index (χ4v) is 1.44. The van der Waals surface area contributed by atoms with E-state index in [9.17, 15) is 0 Å². The number of thiocarbonyl (C=S) groups is 1. The van der Waals surface area contributed by atoms with Crippen molar-refractivity contribution in [3.05, 3.63) is 23.4 Å². The van der Waals surface area contributed by atoms with E-state index in [1.54, 1.807) is 0 Å². The number of hydrogen-bond acceptors (Lipinski definition) is 3. The molecule has 0 saturated heterocycles. The molecule has 0 amide bonds. The maximum Gasteiger partial charge on any atom is 0.127 e. The van der Waals surface area contributed by atoms with E-state index in [0.29, 0.717) is 11.0 Å². The molecule has 0 bridgehead atoms. The first-order chi connectivity index (χ1) is 6.65. The number of pyridine rings is 1. The molecule has 14 heavy (non-hydrogen) atoms. The van der Waals surface area contributed by atoms with Gasteiger partial charge in [0.25, 0.3) is 0 Å². The van der Waals surface area contributed by atoms with Gasteiger partial charge in [-0.15, -0.1) is 0 Å². The minimum Gasteiger partial charge on any atom is -0.389 e. The molecule has 0 unspecified atom stereocenters. The SMILES string of the molecule is Cc1cc(C(N)=S)cc(NC2CC2)n1. The molecule has 0 spiro atoms. The monoisotopic (exact) mass is 207 g/mol. The summed E-state index contributed by atoms with van der Waals surface area (Å²) in [6.45, 7) is 1.94. The van der Waals surface area contributed by atoms with Crippen molar-refractivity contribution in [3.8, 4) is 0 Å². The number of aryl methyl sites for hydroxylation is 1. The minimum absolute atomic E-state index is 0.425. The van der Waals surface area contributed by atoms with Gasteiger partial charge in [0, 0.05) is 17.3 Å². The Morgan fingerprint density at radius 1 is 1.57 bits per heavy atom. The summed E-state index contributed by atoms with van der Waals surface area (Å²) in [6, 6.07) is 4.41. The zero-order valence-electron chi connectivity index (χ0n) is 8.08. The van der Waals surface area contributed by atoms with Crippen molar-refractivity contribution in [3.63, 3.8) is 0 Å². The van der Waals surface area contributed by atoms with Gasteiger partial charge in [-0.3, -0.25) is 0 Å². The summed E-state index contributed by atoms with van der Waals surface area (Å²) in [5.74, 6) is 0.885. The van der Waals surface area contributed by atoms with Crippen molar-refractivity contribution >= 4 is 23.0 Å². The lowest BCUT2D eigenvalue weighted by atomic mass is 10.2. The summed E-state index contributed by atoms with van der Waals surface area (Å²) in [5, 5.41) is 3.33. The van der Waals surface area contributed by atoms with E-state index in [1.807, 2.05) is 19.1 Å². The maximum atomic E-state index is 5.57. The molecule has 1 aliphatic rings. The van der Waals surface area contributed by atoms with Crippen LogP contribution in [0.4, 0.5) is 5.82 Å². The normalized spacial score (nSPS) is 15.2. The molecule has 1 heterocycles. The van der Waals surface area contributed by atoms with Gasteiger partial charge in [0.05, 0.1) is 0 Å². The second kappa shape index (κ2) is 3.53. The minimum atomic E-state index is 0.425. The van der Waals surface area contributed by atoms with E-state index in [4.69, 9.17) is 18.0 Å². The molecule has 0 atom stereocenters. The highest BCUT2D eigenvalue weighted by Crippen LogP contribution is 2.24. The van der Waals surface area contributed by atoms with Crippen molar-refractivity contribution in [1.29, 1.82) is 0 Å². The Morgan fingerprint density at radius 3 is 2.86 bits per heavy atom. The van der Waals surface area contributed by atoms with Gasteiger partial charge in [-0.25, -0.2) is 4.98 Å². The van der Waals surface area contributed by atoms with Crippen LogP contribution >= 0.6 is 12.2 Å². The van der Waals surface area contributed by atoms with Gasteiger partial charge in [-0.2, -0.15) is 0 Å². The predicted octanol–water partition coefficient (Wildman–Crippen LogP) is 1.60. The van der Waals surface area contributed by atoms with Gasteiger partial charge in [-0.05, 0) is 31.9 Å². The molecule has 1 saturated carbocycles. The van der Waals surface area contributed by atoms with Gasteiger partial charge >= 0.3 is 0 Å². The summed E-state index contributed by atoms with van der Waals surface area (Å²) in [5.41, 5.74) is 7.40. The van der Waals surface area contributed by atoms with Gasteiger partial charge in [-0.1, -0.05) is 12.2 Å². The molecule has 3 N–H and O–H groups in total. The lowest BCUT2D eigenvalue weighted by molar-refractivity contribution is 1.09. The van der Waals surface area contributed by atoms with Crippen LogP contribution in [-0.2, 0) is 0 Å². The zero-order chi connectivity index (χ0) is 10.1. The van der Waals surface area contributed by atoms with Crippen LogP contribution < -0.4 is 11.1 Å². The lowest BCUT2D eigenvalue weighted by Crippen LogP contribution is -2.12. The van der Waals surface area contributed by atoms with E-state index in [0.717, 1.165) is 17.1 Å². The third kappa shape index (κ3) is 2.20. The summed E-state index contributed by atoms with van der Waals surface area (Å²) in [7, 11) is 0. The second-order valence-electron chi connectivity index (χ2n) is 3.67. The molecule has 1 fully saturated rings. The second-order valence-corrected chi connectivity index (χ2v) is 4.11. The molecule has 1 aromatic heterocycles. The van der Waals surface area contributed by atoms with Gasteiger partial charge in [0.2, 0.25) is 0 Å². The molecule has 4 heteroatoms. The Hall–Kier alpha value is -1.16. The molecule has 0 aromatic carbocycles. The number of nitrogens with two attached hydrogens (primary N) is 1. The number of aromatic nitrogens is 1. The average Bonchev–Trinajstić information content (AvgIpc) is 2.87. The molecule has 74 valence electrons. The highest BCUT2D eigenvalue weighted by atomic mass is 32.1. The summed E-state index contributed by atoms with van der Waals surface area (Å²) >= 11 is 4.93. The molecule has 0 aliphatic heterocycles. The van der Waals surface area contributed by atoms with Crippen LogP contribution in [0.1, 0.15) is 24.1 Å². The Labute approximate surface area is 88.7 Å². The first-order valence-corrected chi connectivity index (χ1v) is 5.11. The van der Waals surface area contributed by atoms with Crippen molar-refractivity contribution in [2.75, 3.05) is 5.32 Å². The van der Waals surface area contributed by atoms with Crippen LogP contribution in [0.2, 0.25) is 0 Å². The molecule has 3 nitrogen and oxygen atoms in total. The van der Waals surface area contributed by atoms with E-state index in [2.05, 4.69) is 10.3 Å². The van der Waals surface area contributed by atoms with Crippen molar-refractivity contribution in [2.24, 2.45) is 5.73 Å². The van der Waals surface area contributed by atoms with Gasteiger partial charge in [0.15, 0.2) is 0 Å². The highest BCUT2D eigenvalue weighted by molar-refractivity contribution is 7.80. The Balaban J connectivity index is 2.25. The molecule has 0 radical (unpaired) electrons. The van der Waals surface area contributed by atoms with E-state index < -0.39 is 0 Å². The number of rotatable bonds is 3. The summed E-state index contributed by atoms with van der Waals surface area (Å²) in [6.07, 6.45) is 2.47. The van der Waals surface area contributed by atoms with Crippen LogP contribution in [-0.4, -0.2) is 16.0 Å². The molecule has 2 rings (SSSR count). The quantitative estimate of drug-likeness (QED) is 0.739. The van der Waals surface area contributed by atoms with E-state index in [-0.39, 0.29) is 0 Å². The van der Waals surface area contributed by atoms with Crippen molar-refractivity contribution in [2.45, 2.75) is 25.8 Å². The topological polar surface area (TPSA) is 50.9 Å². The third-order valence-corrected chi connectivity index (χ3v) is 2.40. The largest absolute Gasteiger partial charge is 0.389 e. The number of anilines is 1. The van der Waals surface area contributed by atoms with Crippen LogP contribution in [0, 0.1) is 6.92 Å². The molecule has 1 aromatic rings. The van der Waals surface area contributed by atoms with E-state index >= 15 is 0 Å². The third-order valence-electron chi connectivity index (χ3n) is 2.17. The highest BCUT2D eigenvalue weighted by Gasteiger charge is 2.21. The number of nitrogens with zero attached hydrogens (tertiary/aromatic N) is 1. The zero-order valence-corrected chi connectivity index (χ0v) is 8.90. The van der Waals surface area contributed by atoms with E-state index in [1.165, 1.54) is 12.8 Å². The fraction of sp³-hybridized carbons (Fsp3) is 0.400. The van der Waals surface area contributed by atoms with Crippen LogP contribution in [0.25, 0.3) is 0 Å². The van der Waals surface area contributed by atoms with Crippen LogP contribution in [0.3, 0.4) is 0 Å². The van der Waals surface area contributed by atoms with Crippen LogP contribution in [0.15, 0.2) is 12.1 Å². The molecular weight excluding hydrogens is 194 g/mol. The number of nitrogens with one attached hydrogen (secondary N) is 1. The summed E-state index contributed by atoms with van der Waals surface area (Å²) in [4.78, 5) is 4.80. The van der Waals surface area contributed by atoms with Crippen molar-refractivity contribution in [1.82, 2.24) is 4.98 Å². The molecule has 1 aliphatic carbocycles. The van der Waals surface area contributed by atoms with Crippen LogP contribution in [0.5, 0.6) is 0 Å². The fourth-order valence-electron chi connectivity index (χ4n) is 1.32. The van der Waals surface area contributed by atoms with Gasteiger partial charge < -0.3 is 11.1 Å². The van der Waals surface area contributed by atoms with Crippen molar-refractivity contribution < 1.29 is 0 Å². The van der Waals surface area contributed by atoms with Gasteiger partial charge in [0.1, 0.15) is 10.8 Å². The lowest BCUT2D eigenvalue weighted by Gasteiger charge is -2.07. The summed E-state index contributed by atoms with van der Waals surface area (Å²) < 4.78 is 0. The number of hydrogen-bond donors (Lipinski definition) is 2.